The van der Waals surface area contributed by atoms with Crippen molar-refractivity contribution in [2.24, 2.45) is 0 Å². The smallest absolute Gasteiger partial charge is 0.200 e. The molecular weight excluding hydrogens is 252 g/mol. The fourth-order valence-electron chi connectivity index (χ4n) is 1.24. The monoisotopic (exact) mass is 262 g/mol. The first-order valence-electron chi connectivity index (χ1n) is 5.15. The van der Waals surface area contributed by atoms with Crippen LogP contribution in [0.4, 0.5) is 0 Å². The predicted octanol–water partition coefficient (Wildman–Crippen LogP) is 4.90. The Labute approximate surface area is 110 Å². The zero-order chi connectivity index (χ0) is 11.9. The van der Waals surface area contributed by atoms with Gasteiger partial charge in [-0.05, 0) is 35.9 Å². The highest BCUT2D eigenvalue weighted by atomic mass is 35.5. The van der Waals surface area contributed by atoms with Crippen LogP contribution in [0.3, 0.4) is 0 Å². The fourth-order valence-corrected chi connectivity index (χ4v) is 2.05. The van der Waals surface area contributed by atoms with Crippen LogP contribution in [0.5, 0.6) is 5.75 Å². The summed E-state index contributed by atoms with van der Waals surface area (Å²) >= 11 is 7.51. The first kappa shape index (κ1) is 12.1. The van der Waals surface area contributed by atoms with Crippen molar-refractivity contribution in [1.82, 2.24) is 0 Å². The molecule has 3 heteroatoms. The third-order valence-corrected chi connectivity index (χ3v) is 3.18. The second kappa shape index (κ2) is 6.38. The molecule has 2 aromatic carbocycles. The van der Waals surface area contributed by atoms with Gasteiger partial charge in [0.25, 0.3) is 0 Å². The summed E-state index contributed by atoms with van der Waals surface area (Å²) in [5, 5.41) is 2.15. The topological polar surface area (TPSA) is 9.23 Å². The van der Waals surface area contributed by atoms with Gasteiger partial charge in [0.1, 0.15) is 5.75 Å². The Hall–Kier alpha value is -1.38. The molecule has 1 nitrogen and oxygen atoms in total. The molecule has 0 fully saturated rings. The van der Waals surface area contributed by atoms with Crippen molar-refractivity contribution >= 4 is 23.4 Å². The summed E-state index contributed by atoms with van der Waals surface area (Å²) in [4.78, 5) is 1.13. The van der Waals surface area contributed by atoms with E-state index >= 15 is 0 Å². The summed E-state index contributed by atoms with van der Waals surface area (Å²) in [6.07, 6.45) is 0. The maximum atomic E-state index is 5.98. The Morgan fingerprint density at radius 3 is 2.18 bits per heavy atom. The minimum absolute atomic E-state index is 0.366. The van der Waals surface area contributed by atoms with E-state index in [1.165, 1.54) is 11.8 Å². The van der Waals surface area contributed by atoms with Crippen molar-refractivity contribution in [3.63, 3.8) is 0 Å². The molecule has 0 aromatic heterocycles. The second-order valence-corrected chi connectivity index (χ2v) is 4.58. The molecule has 2 rings (SSSR count). The first-order chi connectivity index (χ1) is 8.34. The van der Waals surface area contributed by atoms with Gasteiger partial charge in [-0.1, -0.05) is 48.2 Å². The zero-order valence-electron chi connectivity index (χ0n) is 9.05. The van der Waals surface area contributed by atoms with Gasteiger partial charge < -0.3 is 4.74 Å². The molecule has 0 spiro atoms. The van der Waals surface area contributed by atoms with Crippen LogP contribution in [0.15, 0.2) is 76.2 Å². The van der Waals surface area contributed by atoms with Crippen LogP contribution in [-0.4, -0.2) is 0 Å². The van der Waals surface area contributed by atoms with Crippen molar-refractivity contribution < 1.29 is 4.74 Å². The molecule has 0 bridgehead atoms. The lowest BCUT2D eigenvalue weighted by Gasteiger charge is -2.03. The Morgan fingerprint density at radius 1 is 0.941 bits per heavy atom. The van der Waals surface area contributed by atoms with E-state index in [-0.39, 0.29) is 0 Å². The average Bonchev–Trinajstić information content (AvgIpc) is 2.39. The van der Waals surface area contributed by atoms with Crippen LogP contribution >= 0.6 is 23.4 Å². The number of ether oxygens (including phenoxy) is 1. The van der Waals surface area contributed by atoms with E-state index in [1.54, 1.807) is 5.41 Å². The number of thioether (sulfide) groups is 1. The maximum absolute atomic E-state index is 5.98. The standard InChI is InChI=1S/C14H11ClOS/c15-14(16-12-7-3-1-4-8-12)11-17-13-9-5-2-6-10-13/h1-11H/b14-11-. The highest BCUT2D eigenvalue weighted by Crippen LogP contribution is 2.23. The van der Waals surface area contributed by atoms with E-state index < -0.39 is 0 Å². The summed E-state index contributed by atoms with van der Waals surface area (Å²) < 4.78 is 5.44. The number of hydrogen-bond acceptors (Lipinski definition) is 2. The Morgan fingerprint density at radius 2 is 1.53 bits per heavy atom. The van der Waals surface area contributed by atoms with Gasteiger partial charge in [-0.15, -0.1) is 0 Å². The lowest BCUT2D eigenvalue weighted by molar-refractivity contribution is 0.464. The maximum Gasteiger partial charge on any atom is 0.200 e. The van der Waals surface area contributed by atoms with Crippen LogP contribution in [0.1, 0.15) is 0 Å². The van der Waals surface area contributed by atoms with Crippen LogP contribution < -0.4 is 4.74 Å². The molecule has 17 heavy (non-hydrogen) atoms. The minimum atomic E-state index is 0.366. The number of halogens is 1. The van der Waals surface area contributed by atoms with Gasteiger partial charge in [0, 0.05) is 10.3 Å². The van der Waals surface area contributed by atoms with E-state index in [0.29, 0.717) is 5.22 Å². The molecule has 0 saturated heterocycles. The molecule has 86 valence electrons. The van der Waals surface area contributed by atoms with E-state index in [4.69, 9.17) is 16.3 Å². The molecule has 0 amide bonds. The zero-order valence-corrected chi connectivity index (χ0v) is 10.6. The number of benzene rings is 2. The van der Waals surface area contributed by atoms with E-state index in [0.717, 1.165) is 10.6 Å². The first-order valence-corrected chi connectivity index (χ1v) is 6.40. The second-order valence-electron chi connectivity index (χ2n) is 3.27. The number of rotatable bonds is 4. The molecule has 2 aromatic rings. The van der Waals surface area contributed by atoms with Crippen molar-refractivity contribution in [2.45, 2.75) is 4.90 Å². The average molecular weight is 263 g/mol. The van der Waals surface area contributed by atoms with Crippen molar-refractivity contribution in [3.05, 3.63) is 71.3 Å². The van der Waals surface area contributed by atoms with Crippen molar-refractivity contribution in [2.75, 3.05) is 0 Å². The van der Waals surface area contributed by atoms with E-state index in [2.05, 4.69) is 0 Å². The summed E-state index contributed by atoms with van der Waals surface area (Å²) in [7, 11) is 0. The predicted molar refractivity (Wildman–Crippen MR) is 73.3 cm³/mol. The quantitative estimate of drug-likeness (QED) is 0.573. The Kier molecular flexibility index (Phi) is 4.54. The third kappa shape index (κ3) is 4.17. The van der Waals surface area contributed by atoms with Gasteiger partial charge in [-0.2, -0.15) is 0 Å². The Balaban J connectivity index is 1.94. The van der Waals surface area contributed by atoms with Crippen molar-refractivity contribution in [3.8, 4) is 5.75 Å². The summed E-state index contributed by atoms with van der Waals surface area (Å²) in [5.41, 5.74) is 0. The van der Waals surface area contributed by atoms with Gasteiger partial charge in [-0.25, -0.2) is 0 Å². The van der Waals surface area contributed by atoms with Gasteiger partial charge in [0.2, 0.25) is 0 Å². The van der Waals surface area contributed by atoms with Crippen molar-refractivity contribution in [1.29, 1.82) is 0 Å². The number of para-hydroxylation sites is 1. The van der Waals surface area contributed by atoms with Crippen LogP contribution in [0.25, 0.3) is 0 Å². The molecule has 0 atom stereocenters. The van der Waals surface area contributed by atoms with Gasteiger partial charge in [-0.3, -0.25) is 0 Å². The van der Waals surface area contributed by atoms with Crippen LogP contribution in [-0.2, 0) is 0 Å². The third-order valence-electron chi connectivity index (χ3n) is 1.99. The van der Waals surface area contributed by atoms with Crippen LogP contribution in [0.2, 0.25) is 0 Å². The van der Waals surface area contributed by atoms with E-state index in [1.807, 2.05) is 60.7 Å². The Bertz CT molecular complexity index is 482. The van der Waals surface area contributed by atoms with Gasteiger partial charge in [0.05, 0.1) is 0 Å². The van der Waals surface area contributed by atoms with Gasteiger partial charge >= 0.3 is 0 Å². The molecular formula is C14H11ClOS. The fraction of sp³-hybridized carbons (Fsp3) is 0. The van der Waals surface area contributed by atoms with Gasteiger partial charge in [0.15, 0.2) is 5.22 Å². The largest absolute Gasteiger partial charge is 0.445 e. The van der Waals surface area contributed by atoms with Crippen LogP contribution in [0, 0.1) is 0 Å². The molecule has 0 aliphatic heterocycles. The van der Waals surface area contributed by atoms with E-state index in [9.17, 15) is 0 Å². The molecule has 0 saturated carbocycles. The highest BCUT2D eigenvalue weighted by Gasteiger charge is 1.96. The molecule has 0 N–H and O–H groups in total. The normalized spacial score (nSPS) is 11.2. The molecule has 0 radical (unpaired) electrons. The highest BCUT2D eigenvalue weighted by molar-refractivity contribution is 8.02. The minimum Gasteiger partial charge on any atom is -0.445 e. The SMILES string of the molecule is Cl/C(=C/Sc1ccccc1)Oc1ccccc1. The molecule has 0 aliphatic rings. The molecule has 0 aliphatic carbocycles. The lowest BCUT2D eigenvalue weighted by atomic mass is 10.3. The summed E-state index contributed by atoms with van der Waals surface area (Å²) in [6.45, 7) is 0. The molecule has 0 unspecified atom stereocenters. The summed E-state index contributed by atoms with van der Waals surface area (Å²) in [6, 6.07) is 19.5. The number of hydrogen-bond donors (Lipinski definition) is 0. The molecule has 0 heterocycles. The lowest BCUT2D eigenvalue weighted by Crippen LogP contribution is -1.86. The summed E-state index contributed by atoms with van der Waals surface area (Å²) in [5.74, 6) is 0.738.